The standard InChI is InChI=1S/C22H32O8/c23-22(7-6-20-4-2-1-3-5-20)30-19-21-18-28-15-14-26-11-10-24-8-9-25-12-13-27-16-17-29-21/h1-7,21H,8-19H2/b7-6+. The van der Waals surface area contributed by atoms with Gasteiger partial charge in [0, 0.05) is 6.08 Å². The molecule has 0 bridgehead atoms. The van der Waals surface area contributed by atoms with Crippen LogP contribution in [-0.4, -0.2) is 91.4 Å². The maximum Gasteiger partial charge on any atom is 0.330 e. The normalized spacial score (nSPS) is 21.5. The highest BCUT2D eigenvalue weighted by molar-refractivity contribution is 5.87. The maximum absolute atomic E-state index is 12.0. The summed E-state index contributed by atoms with van der Waals surface area (Å²) in [7, 11) is 0. The number of esters is 1. The Morgan fingerprint density at radius 1 is 0.800 bits per heavy atom. The van der Waals surface area contributed by atoms with Gasteiger partial charge in [-0.2, -0.15) is 0 Å². The molecule has 0 aliphatic carbocycles. The minimum absolute atomic E-state index is 0.0930. The third-order valence-corrected chi connectivity index (χ3v) is 4.00. The Hall–Kier alpha value is -1.81. The summed E-state index contributed by atoms with van der Waals surface area (Å²) in [6, 6.07) is 9.55. The molecule has 1 aromatic rings. The summed E-state index contributed by atoms with van der Waals surface area (Å²) in [5, 5.41) is 0. The zero-order valence-corrected chi connectivity index (χ0v) is 17.4. The lowest BCUT2D eigenvalue weighted by Gasteiger charge is -2.18. The fourth-order valence-electron chi connectivity index (χ4n) is 2.46. The third kappa shape index (κ3) is 12.7. The van der Waals surface area contributed by atoms with Crippen molar-refractivity contribution in [3.63, 3.8) is 0 Å². The summed E-state index contributed by atoms with van der Waals surface area (Å²) in [6.07, 6.45) is 2.72. The number of benzene rings is 1. The first-order chi connectivity index (χ1) is 14.8. The van der Waals surface area contributed by atoms with E-state index in [4.69, 9.17) is 33.2 Å². The van der Waals surface area contributed by atoms with E-state index in [-0.39, 0.29) is 12.7 Å². The van der Waals surface area contributed by atoms with Crippen LogP contribution < -0.4 is 0 Å². The van der Waals surface area contributed by atoms with E-state index in [2.05, 4.69) is 0 Å². The summed E-state index contributed by atoms with van der Waals surface area (Å²) in [4.78, 5) is 12.0. The van der Waals surface area contributed by atoms with E-state index < -0.39 is 5.97 Å². The number of rotatable bonds is 4. The van der Waals surface area contributed by atoms with Gasteiger partial charge in [-0.05, 0) is 11.6 Å². The zero-order valence-electron chi connectivity index (χ0n) is 17.4. The van der Waals surface area contributed by atoms with Gasteiger partial charge in [-0.15, -0.1) is 0 Å². The Labute approximate surface area is 178 Å². The molecule has 0 spiro atoms. The Balaban J connectivity index is 1.71. The van der Waals surface area contributed by atoms with Crippen LogP contribution in [0, 0.1) is 0 Å². The van der Waals surface area contributed by atoms with Crippen LogP contribution in [0.15, 0.2) is 36.4 Å². The monoisotopic (exact) mass is 424 g/mol. The summed E-state index contributed by atoms with van der Waals surface area (Å²) in [5.74, 6) is -0.432. The molecule has 1 fully saturated rings. The van der Waals surface area contributed by atoms with Crippen LogP contribution in [0.25, 0.3) is 6.08 Å². The van der Waals surface area contributed by atoms with Crippen LogP contribution in [0.4, 0.5) is 0 Å². The molecule has 1 saturated heterocycles. The molecule has 8 nitrogen and oxygen atoms in total. The lowest BCUT2D eigenvalue weighted by Crippen LogP contribution is -2.29. The van der Waals surface area contributed by atoms with Gasteiger partial charge in [0.1, 0.15) is 12.7 Å². The quantitative estimate of drug-likeness (QED) is 0.534. The summed E-state index contributed by atoms with van der Waals surface area (Å²) in [6.45, 7) is 5.08. The van der Waals surface area contributed by atoms with Crippen molar-refractivity contribution >= 4 is 12.0 Å². The highest BCUT2D eigenvalue weighted by Gasteiger charge is 2.12. The van der Waals surface area contributed by atoms with E-state index in [9.17, 15) is 4.79 Å². The van der Waals surface area contributed by atoms with Gasteiger partial charge >= 0.3 is 5.97 Å². The van der Waals surface area contributed by atoms with Crippen molar-refractivity contribution in [2.75, 3.05) is 79.3 Å². The van der Waals surface area contributed by atoms with Gasteiger partial charge in [0.25, 0.3) is 0 Å². The van der Waals surface area contributed by atoms with Crippen molar-refractivity contribution in [3.05, 3.63) is 42.0 Å². The number of ether oxygens (including phenoxy) is 7. The first-order valence-electron chi connectivity index (χ1n) is 10.2. The number of hydrogen-bond donors (Lipinski definition) is 0. The first-order valence-corrected chi connectivity index (χ1v) is 10.2. The molecule has 0 radical (unpaired) electrons. The molecule has 0 aromatic heterocycles. The minimum atomic E-state index is -0.432. The van der Waals surface area contributed by atoms with E-state index in [1.807, 2.05) is 30.3 Å². The van der Waals surface area contributed by atoms with Crippen molar-refractivity contribution < 1.29 is 38.0 Å². The van der Waals surface area contributed by atoms with Crippen LogP contribution in [0.5, 0.6) is 0 Å². The molecule has 8 heteroatoms. The fraction of sp³-hybridized carbons (Fsp3) is 0.591. The van der Waals surface area contributed by atoms with Gasteiger partial charge in [-0.25, -0.2) is 4.79 Å². The van der Waals surface area contributed by atoms with Crippen molar-refractivity contribution in [2.24, 2.45) is 0 Å². The minimum Gasteiger partial charge on any atom is -0.460 e. The molecule has 2 rings (SSSR count). The highest BCUT2D eigenvalue weighted by atomic mass is 16.6. The lowest BCUT2D eigenvalue weighted by molar-refractivity contribution is -0.145. The van der Waals surface area contributed by atoms with E-state index in [1.54, 1.807) is 6.08 Å². The van der Waals surface area contributed by atoms with Crippen LogP contribution in [0.1, 0.15) is 5.56 Å². The van der Waals surface area contributed by atoms with Gasteiger partial charge in [0.15, 0.2) is 0 Å². The maximum atomic E-state index is 12.0. The van der Waals surface area contributed by atoms with E-state index >= 15 is 0 Å². The molecule has 0 N–H and O–H groups in total. The van der Waals surface area contributed by atoms with Crippen molar-refractivity contribution in [1.82, 2.24) is 0 Å². The van der Waals surface area contributed by atoms with Crippen LogP contribution >= 0.6 is 0 Å². The molecule has 168 valence electrons. The van der Waals surface area contributed by atoms with Crippen LogP contribution in [0.2, 0.25) is 0 Å². The predicted octanol–water partition coefficient (Wildman–Crippen LogP) is 1.72. The van der Waals surface area contributed by atoms with Crippen LogP contribution in [-0.2, 0) is 38.0 Å². The third-order valence-electron chi connectivity index (χ3n) is 4.00. The summed E-state index contributed by atoms with van der Waals surface area (Å²) >= 11 is 0. The molecular weight excluding hydrogens is 392 g/mol. The van der Waals surface area contributed by atoms with E-state index in [0.29, 0.717) is 72.7 Å². The molecular formula is C22H32O8. The highest BCUT2D eigenvalue weighted by Crippen LogP contribution is 2.02. The summed E-state index contributed by atoms with van der Waals surface area (Å²) in [5.41, 5.74) is 0.928. The van der Waals surface area contributed by atoms with Crippen molar-refractivity contribution in [3.8, 4) is 0 Å². The number of carbonyl (C=O) groups is 1. The average molecular weight is 424 g/mol. The average Bonchev–Trinajstić information content (AvgIpc) is 2.77. The van der Waals surface area contributed by atoms with E-state index in [1.165, 1.54) is 6.08 Å². The molecule has 1 atom stereocenters. The van der Waals surface area contributed by atoms with Gasteiger partial charge in [0.2, 0.25) is 0 Å². The van der Waals surface area contributed by atoms with E-state index in [0.717, 1.165) is 5.56 Å². The van der Waals surface area contributed by atoms with Crippen molar-refractivity contribution in [1.29, 1.82) is 0 Å². The fourth-order valence-corrected chi connectivity index (χ4v) is 2.46. The van der Waals surface area contributed by atoms with Gasteiger partial charge in [0.05, 0.1) is 72.7 Å². The SMILES string of the molecule is O=C(/C=C/c1ccccc1)OCC1COCCOCCOCCOCCOCCO1. The molecule has 0 amide bonds. The Kier molecular flexibility index (Phi) is 13.8. The number of hydrogen-bond acceptors (Lipinski definition) is 8. The molecule has 1 aliphatic heterocycles. The smallest absolute Gasteiger partial charge is 0.330 e. The second-order valence-electron chi connectivity index (χ2n) is 6.39. The van der Waals surface area contributed by atoms with Gasteiger partial charge in [-0.1, -0.05) is 30.3 Å². The van der Waals surface area contributed by atoms with Gasteiger partial charge < -0.3 is 33.2 Å². The Bertz CT molecular complexity index is 560. The Morgan fingerprint density at radius 3 is 1.93 bits per heavy atom. The zero-order chi connectivity index (χ0) is 21.1. The van der Waals surface area contributed by atoms with Crippen LogP contribution in [0.3, 0.4) is 0 Å². The largest absolute Gasteiger partial charge is 0.460 e. The molecule has 1 unspecified atom stereocenters. The summed E-state index contributed by atoms with van der Waals surface area (Å²) < 4.78 is 38.3. The molecule has 1 aromatic carbocycles. The second-order valence-corrected chi connectivity index (χ2v) is 6.39. The molecule has 0 saturated carbocycles. The number of carbonyl (C=O) groups excluding carboxylic acids is 1. The predicted molar refractivity (Wildman–Crippen MR) is 110 cm³/mol. The van der Waals surface area contributed by atoms with Gasteiger partial charge in [-0.3, -0.25) is 0 Å². The molecule has 1 aliphatic rings. The topological polar surface area (TPSA) is 81.7 Å². The molecule has 1 heterocycles. The lowest BCUT2D eigenvalue weighted by atomic mass is 10.2. The molecule has 30 heavy (non-hydrogen) atoms. The first kappa shape index (κ1) is 24.5. The Morgan fingerprint density at radius 2 is 1.33 bits per heavy atom. The van der Waals surface area contributed by atoms with Crippen molar-refractivity contribution in [2.45, 2.75) is 6.10 Å². The second kappa shape index (κ2) is 16.9.